The van der Waals surface area contributed by atoms with E-state index < -0.39 is 0 Å². The molecule has 2 fully saturated rings. The second kappa shape index (κ2) is 9.54. The summed E-state index contributed by atoms with van der Waals surface area (Å²) in [4.78, 5) is 4.33. The summed E-state index contributed by atoms with van der Waals surface area (Å²) in [6.07, 6.45) is 4.46. The topological polar surface area (TPSA) is 54.9 Å². The Morgan fingerprint density at radius 2 is 1.91 bits per heavy atom. The molecule has 0 aromatic carbocycles. The monoisotopic (exact) mass is 443 g/mol. The minimum absolute atomic E-state index is 0. The fourth-order valence-corrected chi connectivity index (χ4v) is 4.15. The van der Waals surface area contributed by atoms with Crippen LogP contribution >= 0.6 is 35.7 Å². The molecular weight excluding hydrogens is 413 g/mol. The fourth-order valence-electron chi connectivity index (χ4n) is 2.91. The van der Waals surface area contributed by atoms with Crippen LogP contribution in [0.4, 0.5) is 0 Å². The van der Waals surface area contributed by atoms with Gasteiger partial charge in [0.1, 0.15) is 0 Å². The molecule has 0 amide bonds. The van der Waals surface area contributed by atoms with Crippen LogP contribution in [0.25, 0.3) is 0 Å². The van der Waals surface area contributed by atoms with Gasteiger partial charge in [0.05, 0.1) is 5.60 Å². The number of hydrogen-bond acceptors (Lipinski definition) is 4. The molecule has 1 unspecified atom stereocenters. The second-order valence-corrected chi connectivity index (χ2v) is 7.86. The van der Waals surface area contributed by atoms with E-state index in [1.165, 1.54) is 18.6 Å². The van der Waals surface area contributed by atoms with Crippen LogP contribution in [0.3, 0.4) is 0 Å². The van der Waals surface area contributed by atoms with Crippen molar-refractivity contribution in [2.75, 3.05) is 46.2 Å². The van der Waals surface area contributed by atoms with Crippen LogP contribution in [-0.2, 0) is 9.47 Å². The predicted molar refractivity (Wildman–Crippen MR) is 105 cm³/mol. The molecule has 0 saturated carbocycles. The van der Waals surface area contributed by atoms with Crippen LogP contribution in [0.2, 0.25) is 0 Å². The van der Waals surface area contributed by atoms with Crippen molar-refractivity contribution in [1.82, 2.24) is 10.6 Å². The lowest BCUT2D eigenvalue weighted by molar-refractivity contribution is -0.0855. The highest BCUT2D eigenvalue weighted by molar-refractivity contribution is 14.0. The van der Waals surface area contributed by atoms with Crippen LogP contribution in [0.5, 0.6) is 0 Å². The van der Waals surface area contributed by atoms with Gasteiger partial charge in [0.2, 0.25) is 0 Å². The molecule has 0 aromatic heterocycles. The van der Waals surface area contributed by atoms with E-state index in [9.17, 15) is 0 Å². The molecule has 7 heteroatoms. The van der Waals surface area contributed by atoms with Gasteiger partial charge in [0.25, 0.3) is 0 Å². The Balaban J connectivity index is 0.00000242. The predicted octanol–water partition coefficient (Wildman–Crippen LogP) is 2.25. The molecule has 0 aromatic rings. The molecule has 2 rings (SSSR count). The Morgan fingerprint density at radius 3 is 2.45 bits per heavy atom. The van der Waals surface area contributed by atoms with Gasteiger partial charge in [-0.1, -0.05) is 0 Å². The van der Waals surface area contributed by atoms with Gasteiger partial charge >= 0.3 is 0 Å². The Morgan fingerprint density at radius 1 is 1.23 bits per heavy atom. The lowest BCUT2D eigenvalue weighted by Gasteiger charge is -2.36. The molecule has 0 radical (unpaired) electrons. The summed E-state index contributed by atoms with van der Waals surface area (Å²) in [6.45, 7) is 5.61. The highest BCUT2D eigenvalue weighted by Gasteiger charge is 2.33. The molecule has 22 heavy (non-hydrogen) atoms. The fraction of sp³-hybridized carbons (Fsp3) is 0.933. The Kier molecular flexibility index (Phi) is 8.81. The number of methoxy groups -OCH3 is 1. The smallest absolute Gasteiger partial charge is 0.191 e. The van der Waals surface area contributed by atoms with Crippen molar-refractivity contribution in [3.05, 3.63) is 0 Å². The summed E-state index contributed by atoms with van der Waals surface area (Å²) in [6, 6.07) is 0. The van der Waals surface area contributed by atoms with Crippen molar-refractivity contribution >= 4 is 41.7 Å². The first-order valence-corrected chi connectivity index (χ1v) is 8.81. The van der Waals surface area contributed by atoms with Gasteiger partial charge in [-0.2, -0.15) is 11.8 Å². The quantitative estimate of drug-likeness (QED) is 0.388. The summed E-state index contributed by atoms with van der Waals surface area (Å²) in [5.41, 5.74) is -0.123. The standard InChI is InChI=1S/C15H29N3O2S.HI/c1-14(5-4-10-21-14)11-17-13(16-2)18-12-15(19-3)6-8-20-9-7-15;/h4-12H2,1-3H3,(H2,16,17,18);1H. The van der Waals surface area contributed by atoms with Gasteiger partial charge < -0.3 is 20.1 Å². The molecule has 2 N–H and O–H groups in total. The van der Waals surface area contributed by atoms with Crippen LogP contribution in [0.1, 0.15) is 32.6 Å². The van der Waals surface area contributed by atoms with Crippen LogP contribution in [-0.4, -0.2) is 62.5 Å². The lowest BCUT2D eigenvalue weighted by atomic mass is 9.94. The van der Waals surface area contributed by atoms with Crippen LogP contribution in [0, 0.1) is 0 Å². The number of ether oxygens (including phenoxy) is 2. The summed E-state index contributed by atoms with van der Waals surface area (Å²) in [5.74, 6) is 2.14. The van der Waals surface area contributed by atoms with E-state index in [-0.39, 0.29) is 29.6 Å². The number of thioether (sulfide) groups is 1. The van der Waals surface area contributed by atoms with Crippen molar-refractivity contribution in [2.45, 2.75) is 43.0 Å². The first-order valence-electron chi connectivity index (χ1n) is 7.83. The molecule has 130 valence electrons. The number of rotatable bonds is 5. The van der Waals surface area contributed by atoms with Crippen LogP contribution in [0.15, 0.2) is 4.99 Å². The lowest BCUT2D eigenvalue weighted by Crippen LogP contribution is -2.52. The Labute approximate surface area is 155 Å². The van der Waals surface area contributed by atoms with E-state index in [1.807, 2.05) is 7.05 Å². The van der Waals surface area contributed by atoms with Crippen molar-refractivity contribution in [2.24, 2.45) is 4.99 Å². The van der Waals surface area contributed by atoms with Gasteiger partial charge in [-0.25, -0.2) is 0 Å². The maximum Gasteiger partial charge on any atom is 0.191 e. The molecule has 5 nitrogen and oxygen atoms in total. The van der Waals surface area contributed by atoms with E-state index >= 15 is 0 Å². The molecule has 2 saturated heterocycles. The van der Waals surface area contributed by atoms with Crippen molar-refractivity contribution in [1.29, 1.82) is 0 Å². The van der Waals surface area contributed by atoms with Gasteiger partial charge in [0, 0.05) is 58.0 Å². The van der Waals surface area contributed by atoms with E-state index in [2.05, 4.69) is 34.3 Å². The molecule has 1 atom stereocenters. The number of halogens is 1. The summed E-state index contributed by atoms with van der Waals surface area (Å²) in [5, 5.41) is 6.89. The first-order chi connectivity index (χ1) is 10.1. The van der Waals surface area contributed by atoms with Crippen LogP contribution < -0.4 is 10.6 Å². The maximum atomic E-state index is 5.74. The average Bonchev–Trinajstić information content (AvgIpc) is 2.95. The number of aliphatic imine (C=N–C) groups is 1. The highest BCUT2D eigenvalue weighted by Crippen LogP contribution is 2.36. The van der Waals surface area contributed by atoms with E-state index in [1.54, 1.807) is 7.11 Å². The zero-order valence-corrected chi connectivity index (χ0v) is 17.1. The Bertz CT molecular complexity index is 357. The second-order valence-electron chi connectivity index (χ2n) is 6.18. The highest BCUT2D eigenvalue weighted by atomic mass is 127. The minimum Gasteiger partial charge on any atom is -0.381 e. The van der Waals surface area contributed by atoms with Gasteiger partial charge in [0.15, 0.2) is 5.96 Å². The zero-order chi connectivity index (χ0) is 15.2. The van der Waals surface area contributed by atoms with Crippen molar-refractivity contribution in [3.8, 4) is 0 Å². The van der Waals surface area contributed by atoms with Gasteiger partial charge in [-0.15, -0.1) is 24.0 Å². The molecular formula is C15H30IN3O2S. The van der Waals surface area contributed by atoms with E-state index in [0.29, 0.717) is 4.75 Å². The maximum absolute atomic E-state index is 5.74. The zero-order valence-electron chi connectivity index (χ0n) is 13.9. The Hall–Kier alpha value is 0.270. The van der Waals surface area contributed by atoms with Crippen molar-refractivity contribution in [3.63, 3.8) is 0 Å². The van der Waals surface area contributed by atoms with Gasteiger partial charge in [-0.3, -0.25) is 4.99 Å². The largest absolute Gasteiger partial charge is 0.381 e. The molecule has 2 heterocycles. The summed E-state index contributed by atoms with van der Waals surface area (Å²) < 4.78 is 11.5. The number of nitrogens with zero attached hydrogens (tertiary/aromatic N) is 1. The average molecular weight is 443 g/mol. The number of hydrogen-bond donors (Lipinski definition) is 2. The summed E-state index contributed by atoms with van der Waals surface area (Å²) in [7, 11) is 3.61. The first kappa shape index (κ1) is 20.3. The molecule has 0 spiro atoms. The molecule has 0 aliphatic carbocycles. The normalized spacial score (nSPS) is 28.0. The minimum atomic E-state index is -0.123. The molecule has 2 aliphatic rings. The molecule has 2 aliphatic heterocycles. The third kappa shape index (κ3) is 5.72. The third-order valence-corrected chi connectivity index (χ3v) is 6.11. The van der Waals surface area contributed by atoms with Gasteiger partial charge in [-0.05, 0) is 25.5 Å². The molecule has 0 bridgehead atoms. The van der Waals surface area contributed by atoms with Crippen molar-refractivity contribution < 1.29 is 9.47 Å². The summed E-state index contributed by atoms with van der Waals surface area (Å²) >= 11 is 2.06. The van der Waals surface area contributed by atoms with E-state index in [4.69, 9.17) is 9.47 Å². The number of guanidine groups is 1. The SMILES string of the molecule is CN=C(NCC1(OC)CCOCC1)NCC1(C)CCCS1.I. The third-order valence-electron chi connectivity index (χ3n) is 4.57. The van der Waals surface area contributed by atoms with E-state index in [0.717, 1.165) is 45.1 Å². The number of nitrogens with one attached hydrogen (secondary N) is 2.